The minimum Gasteiger partial charge on any atom is -0.451 e. The highest BCUT2D eigenvalue weighted by atomic mass is 19.1. The summed E-state index contributed by atoms with van der Waals surface area (Å²) in [6.07, 6.45) is 0. The van der Waals surface area contributed by atoms with Crippen LogP contribution in [-0.2, 0) is 0 Å². The molecule has 0 saturated carbocycles. The van der Waals surface area contributed by atoms with E-state index in [1.165, 1.54) is 66.3 Å². The van der Waals surface area contributed by atoms with Crippen LogP contribution in [0.25, 0.3) is 181 Å². The third kappa shape index (κ3) is 12.7. The van der Waals surface area contributed by atoms with Gasteiger partial charge in [-0.25, -0.2) is 4.39 Å². The summed E-state index contributed by atoms with van der Waals surface area (Å²) < 4.78 is 41.8. The highest BCUT2D eigenvalue weighted by molar-refractivity contribution is 6.23. The van der Waals surface area contributed by atoms with Crippen LogP contribution in [0.2, 0.25) is 0 Å². The molecule has 21 aromatic carbocycles. The zero-order valence-electron chi connectivity index (χ0n) is 71.4. The molecule has 0 atom stereocenters. The first kappa shape index (κ1) is 76.7. The molecule has 0 aliphatic rings. The number of halogens is 1. The Morgan fingerprint density at radius 1 is 0.174 bits per heavy atom. The monoisotopic (exact) mass is 1690 g/mol. The maximum absolute atomic E-state index is 14.1. The highest BCUT2D eigenvalue weighted by Gasteiger charge is 2.31. The summed E-state index contributed by atoms with van der Waals surface area (Å²) in [4.78, 5) is 6.90. The van der Waals surface area contributed by atoms with Crippen molar-refractivity contribution in [1.29, 1.82) is 0 Å². The van der Waals surface area contributed by atoms with Crippen molar-refractivity contribution >= 4 is 204 Å². The normalized spacial score (nSPS) is 11.7. The van der Waals surface area contributed by atoms with E-state index in [1.54, 1.807) is 0 Å². The van der Waals surface area contributed by atoms with Crippen LogP contribution < -0.4 is 14.7 Å². The minimum atomic E-state index is -0.271. The van der Waals surface area contributed by atoms with Crippen molar-refractivity contribution < 1.29 is 17.6 Å². The van der Waals surface area contributed by atoms with Crippen molar-refractivity contribution in [2.24, 2.45) is 0 Å². The topological polar surface area (TPSA) is 63.9 Å². The summed E-state index contributed by atoms with van der Waals surface area (Å²) in [5.74, 6) is -0.271. The molecule has 0 fully saturated rings. The molecule has 27 aromatic rings. The Kier molecular flexibility index (Phi) is 18.6. The first-order chi connectivity index (χ1) is 65.5. The predicted octanol–water partition coefficient (Wildman–Crippen LogP) is 34.6. The van der Waals surface area contributed by atoms with E-state index in [0.717, 1.165) is 178 Å². The molecular weight excluding hydrogens is 1620 g/mol. The second-order valence-corrected chi connectivity index (χ2v) is 33.4. The van der Waals surface area contributed by atoms with Gasteiger partial charge in [-0.2, -0.15) is 0 Å². The Hall–Kier alpha value is -17.7. The fourth-order valence-electron chi connectivity index (χ4n) is 20.2. The van der Waals surface area contributed by atoms with Crippen LogP contribution in [0.5, 0.6) is 0 Å². The van der Waals surface area contributed by atoms with Crippen molar-refractivity contribution in [2.45, 2.75) is 0 Å². The van der Waals surface area contributed by atoms with Crippen LogP contribution in [0.3, 0.4) is 0 Å². The van der Waals surface area contributed by atoms with E-state index in [1.807, 2.05) is 36.4 Å². The average molecular weight is 1700 g/mol. The van der Waals surface area contributed by atoms with Gasteiger partial charge >= 0.3 is 0 Å². The van der Waals surface area contributed by atoms with Crippen molar-refractivity contribution in [3.63, 3.8) is 0 Å². The molecule has 0 unspecified atom stereocenters. The first-order valence-electron chi connectivity index (χ1n) is 44.6. The number of anilines is 9. The number of aromatic nitrogens is 3. The molecule has 132 heavy (non-hydrogen) atoms. The van der Waals surface area contributed by atoms with Crippen LogP contribution in [0.1, 0.15) is 0 Å². The van der Waals surface area contributed by atoms with E-state index in [4.69, 9.17) is 13.3 Å². The van der Waals surface area contributed by atoms with Crippen LogP contribution in [0, 0.1) is 5.82 Å². The molecule has 0 aliphatic heterocycles. The molecule has 6 aromatic heterocycles. The van der Waals surface area contributed by atoms with Gasteiger partial charge in [0, 0.05) is 82.3 Å². The zero-order valence-corrected chi connectivity index (χ0v) is 71.4. The fourth-order valence-corrected chi connectivity index (χ4v) is 20.2. The molecule has 622 valence electrons. The van der Waals surface area contributed by atoms with Crippen molar-refractivity contribution in [3.8, 4) is 28.2 Å². The lowest BCUT2D eigenvalue weighted by atomic mass is 9.98. The standard InChI is InChI=1S/C46H30N2O.C40H26N2O.C36H23FN2O/c1-2-17-34(18-3-1)48-42-24-9-8-21-39(42)46-44(48)40-23-12-26-43(45(40)49-46)47(41-25-11-16-32-14-5-7-20-38(32)41)35-29-27-33(28-30-35)37-22-10-15-31-13-4-6-19-36(31)37;1-2-17-29(18-3-1)41-36-23-9-8-21-32(36)40-38(41)33-22-12-26-37(39(33)43-40)42(34-24-10-15-27-13-4-6-19-30(27)34)35-25-11-16-28-14-5-7-20-31(28)35;37-25-20-22-27(23-21-25)38(31-18-8-11-24-10-4-5-14-28(24)31)33-19-9-16-30-34-36(40-35(30)33)29-15-6-7-17-32(29)39(34)26-12-2-1-3-13-26/h1-30H;1-26H;1-23H. The Morgan fingerprint density at radius 3 is 0.765 bits per heavy atom. The van der Waals surface area contributed by atoms with Crippen LogP contribution in [0.15, 0.2) is 492 Å². The van der Waals surface area contributed by atoms with Gasteiger partial charge in [-0.05, 0) is 213 Å². The van der Waals surface area contributed by atoms with Gasteiger partial charge in [-0.1, -0.05) is 309 Å². The summed E-state index contributed by atoms with van der Waals surface area (Å²) in [5.41, 5.74) is 26.5. The molecule has 6 heterocycles. The molecule has 0 spiro atoms. The lowest BCUT2D eigenvalue weighted by Gasteiger charge is -2.28. The molecule has 27 rings (SSSR count). The van der Waals surface area contributed by atoms with Crippen LogP contribution >= 0.6 is 0 Å². The Labute approximate surface area is 758 Å². The van der Waals surface area contributed by atoms with E-state index in [2.05, 4.69) is 459 Å². The SMILES string of the molecule is Fc1ccc(N(c2cccc3ccccc23)c2cccc3c2oc2c4ccccc4n(-c4ccccc4)c32)cc1.c1ccc(-n2c3ccccc3c3oc4c(N(c5ccc(-c6cccc7ccccc67)cc5)c5cccc6ccccc56)cccc4c32)cc1.c1ccc(-n2c3ccccc3c3oc4c(N(c5cccc6ccccc56)c5cccc6ccccc56)cccc4c32)cc1. The number of fused-ring (bicyclic) bond motifs is 20. The number of hydrogen-bond donors (Lipinski definition) is 0. The molecule has 0 radical (unpaired) electrons. The van der Waals surface area contributed by atoms with Gasteiger partial charge < -0.3 is 41.7 Å². The number of benzene rings is 21. The Balaban J connectivity index is 0.000000107. The minimum absolute atomic E-state index is 0.271. The van der Waals surface area contributed by atoms with Crippen molar-refractivity contribution in [3.05, 3.63) is 485 Å². The van der Waals surface area contributed by atoms with Gasteiger partial charge in [0.25, 0.3) is 0 Å². The fraction of sp³-hybridized carbons (Fsp3) is 0. The van der Waals surface area contributed by atoms with Crippen molar-refractivity contribution in [1.82, 2.24) is 13.7 Å². The number of rotatable bonds is 13. The van der Waals surface area contributed by atoms with Crippen LogP contribution in [0.4, 0.5) is 55.6 Å². The Morgan fingerprint density at radius 2 is 0.417 bits per heavy atom. The smallest absolute Gasteiger partial charge is 0.161 e. The molecular formula is C122H79FN6O3. The average Bonchev–Trinajstić information content (AvgIpc) is 1.56. The van der Waals surface area contributed by atoms with Gasteiger partial charge in [0.1, 0.15) is 22.4 Å². The predicted molar refractivity (Wildman–Crippen MR) is 549 cm³/mol. The summed E-state index contributed by atoms with van der Waals surface area (Å²) in [6.45, 7) is 0. The second-order valence-electron chi connectivity index (χ2n) is 33.4. The van der Waals surface area contributed by atoms with Gasteiger partial charge in [0.05, 0.1) is 56.4 Å². The maximum Gasteiger partial charge on any atom is 0.161 e. The van der Waals surface area contributed by atoms with E-state index >= 15 is 0 Å². The summed E-state index contributed by atoms with van der Waals surface area (Å²) in [7, 11) is 0. The molecule has 0 bridgehead atoms. The van der Waals surface area contributed by atoms with E-state index in [-0.39, 0.29) is 5.82 Å². The summed E-state index contributed by atoms with van der Waals surface area (Å²) >= 11 is 0. The number of nitrogens with zero attached hydrogens (tertiary/aromatic N) is 6. The second kappa shape index (κ2) is 32.0. The summed E-state index contributed by atoms with van der Waals surface area (Å²) in [6, 6.07) is 167. The van der Waals surface area contributed by atoms with Crippen molar-refractivity contribution in [2.75, 3.05) is 14.7 Å². The maximum atomic E-state index is 14.1. The molecule has 0 saturated heterocycles. The number of hydrogen-bond acceptors (Lipinski definition) is 6. The molecule has 10 heteroatoms. The number of furan rings is 3. The zero-order chi connectivity index (χ0) is 87.3. The number of para-hydroxylation sites is 9. The highest BCUT2D eigenvalue weighted by Crippen LogP contribution is 2.53. The van der Waals surface area contributed by atoms with Gasteiger partial charge in [-0.3, -0.25) is 0 Å². The molecule has 9 nitrogen and oxygen atoms in total. The quantitative estimate of drug-likeness (QED) is 0.115. The molecule has 0 aliphatic carbocycles. The van der Waals surface area contributed by atoms with Gasteiger partial charge in [0.2, 0.25) is 0 Å². The van der Waals surface area contributed by atoms with Gasteiger partial charge in [0.15, 0.2) is 33.5 Å². The third-order valence-corrected chi connectivity index (χ3v) is 26.0. The van der Waals surface area contributed by atoms with Gasteiger partial charge in [-0.15, -0.1) is 0 Å². The molecule has 0 N–H and O–H groups in total. The third-order valence-electron chi connectivity index (χ3n) is 26.0. The molecule has 0 amide bonds. The van der Waals surface area contributed by atoms with E-state index in [0.29, 0.717) is 0 Å². The largest absolute Gasteiger partial charge is 0.451 e. The van der Waals surface area contributed by atoms with E-state index in [9.17, 15) is 4.39 Å². The summed E-state index contributed by atoms with van der Waals surface area (Å²) in [5, 5.41) is 18.3. The van der Waals surface area contributed by atoms with E-state index < -0.39 is 0 Å². The lowest BCUT2D eigenvalue weighted by molar-refractivity contribution is 0.628. The van der Waals surface area contributed by atoms with Crippen LogP contribution in [-0.4, -0.2) is 13.7 Å². The Bertz CT molecular complexity index is 9040. The first-order valence-corrected chi connectivity index (χ1v) is 44.6. The lowest BCUT2D eigenvalue weighted by Crippen LogP contribution is -2.11.